The number of amides is 1. The predicted molar refractivity (Wildman–Crippen MR) is 93.8 cm³/mol. The molecule has 1 amide bonds. The van der Waals surface area contributed by atoms with E-state index in [0.717, 1.165) is 6.54 Å². The van der Waals surface area contributed by atoms with E-state index in [1.165, 1.54) is 40.1 Å². The lowest BCUT2D eigenvalue weighted by Crippen LogP contribution is -2.34. The molecule has 0 aliphatic rings. The standard InChI is InChI=1S/C15H16FN5OS2/c1-2-18-14-19-20-15(24-14)23-10-13(22)21(9-5-8-17)12-7-4-3-6-11(12)16/h3-4,6-7H,2,5,9-10H2,1H3,(H,18,19). The van der Waals surface area contributed by atoms with Gasteiger partial charge in [0.25, 0.3) is 0 Å². The molecule has 0 fully saturated rings. The van der Waals surface area contributed by atoms with Gasteiger partial charge in [0.05, 0.1) is 23.9 Å². The van der Waals surface area contributed by atoms with Crippen molar-refractivity contribution in [2.45, 2.75) is 17.7 Å². The van der Waals surface area contributed by atoms with Crippen molar-refractivity contribution in [1.82, 2.24) is 10.2 Å². The van der Waals surface area contributed by atoms with Crippen LogP contribution in [0.3, 0.4) is 0 Å². The Bertz CT molecular complexity index is 731. The van der Waals surface area contributed by atoms with Crippen LogP contribution in [-0.4, -0.2) is 34.9 Å². The summed E-state index contributed by atoms with van der Waals surface area (Å²) in [5.41, 5.74) is 0.184. The number of thioether (sulfide) groups is 1. The Morgan fingerprint density at radius 2 is 2.25 bits per heavy atom. The number of carbonyl (C=O) groups excluding carboxylic acids is 1. The van der Waals surface area contributed by atoms with Crippen LogP contribution in [0.4, 0.5) is 15.2 Å². The summed E-state index contributed by atoms with van der Waals surface area (Å²) in [5, 5.41) is 20.5. The van der Waals surface area contributed by atoms with Crippen molar-refractivity contribution in [3.05, 3.63) is 30.1 Å². The first-order valence-corrected chi connectivity index (χ1v) is 9.08. The lowest BCUT2D eigenvalue weighted by Gasteiger charge is -2.21. The van der Waals surface area contributed by atoms with E-state index in [-0.39, 0.29) is 30.3 Å². The van der Waals surface area contributed by atoms with E-state index in [4.69, 9.17) is 5.26 Å². The quantitative estimate of drug-likeness (QED) is 0.724. The van der Waals surface area contributed by atoms with E-state index in [1.807, 2.05) is 13.0 Å². The van der Waals surface area contributed by atoms with Crippen molar-refractivity contribution in [2.24, 2.45) is 0 Å². The summed E-state index contributed by atoms with van der Waals surface area (Å²) < 4.78 is 14.6. The summed E-state index contributed by atoms with van der Waals surface area (Å²) in [6, 6.07) is 8.03. The molecular weight excluding hydrogens is 349 g/mol. The molecule has 0 bridgehead atoms. The number of hydrogen-bond donors (Lipinski definition) is 1. The minimum atomic E-state index is -0.487. The monoisotopic (exact) mass is 365 g/mol. The molecule has 0 atom stereocenters. The van der Waals surface area contributed by atoms with Gasteiger partial charge in [-0.05, 0) is 19.1 Å². The van der Waals surface area contributed by atoms with Gasteiger partial charge >= 0.3 is 0 Å². The van der Waals surface area contributed by atoms with Crippen molar-refractivity contribution in [2.75, 3.05) is 29.1 Å². The van der Waals surface area contributed by atoms with Crippen molar-refractivity contribution < 1.29 is 9.18 Å². The third kappa shape index (κ3) is 4.91. The van der Waals surface area contributed by atoms with Crippen LogP contribution in [0.25, 0.3) is 0 Å². The van der Waals surface area contributed by atoms with Gasteiger partial charge < -0.3 is 10.2 Å². The average molecular weight is 365 g/mol. The number of nitrogens with one attached hydrogen (secondary N) is 1. The van der Waals surface area contributed by atoms with Crippen LogP contribution in [-0.2, 0) is 4.79 Å². The molecule has 0 spiro atoms. The molecule has 1 N–H and O–H groups in total. The molecule has 24 heavy (non-hydrogen) atoms. The fourth-order valence-electron chi connectivity index (χ4n) is 1.90. The smallest absolute Gasteiger partial charge is 0.237 e. The van der Waals surface area contributed by atoms with Crippen LogP contribution in [0.15, 0.2) is 28.6 Å². The van der Waals surface area contributed by atoms with E-state index < -0.39 is 5.82 Å². The number of halogens is 1. The first kappa shape index (κ1) is 18.2. The zero-order valence-electron chi connectivity index (χ0n) is 13.0. The van der Waals surface area contributed by atoms with Crippen molar-refractivity contribution >= 4 is 39.8 Å². The second kappa shape index (κ2) is 9.20. The van der Waals surface area contributed by atoms with Crippen LogP contribution < -0.4 is 10.2 Å². The highest BCUT2D eigenvalue weighted by molar-refractivity contribution is 8.01. The van der Waals surface area contributed by atoms with Crippen molar-refractivity contribution in [3.8, 4) is 6.07 Å². The van der Waals surface area contributed by atoms with Gasteiger partial charge in [0.1, 0.15) is 5.82 Å². The maximum Gasteiger partial charge on any atom is 0.237 e. The molecule has 0 saturated carbocycles. The Kier molecular flexibility index (Phi) is 6.96. The molecule has 6 nitrogen and oxygen atoms in total. The predicted octanol–water partition coefficient (Wildman–Crippen LogP) is 3.15. The summed E-state index contributed by atoms with van der Waals surface area (Å²) in [7, 11) is 0. The minimum Gasteiger partial charge on any atom is -0.360 e. The van der Waals surface area contributed by atoms with Crippen LogP contribution in [0.1, 0.15) is 13.3 Å². The number of para-hydroxylation sites is 1. The first-order valence-electron chi connectivity index (χ1n) is 7.27. The van der Waals surface area contributed by atoms with E-state index in [0.29, 0.717) is 9.47 Å². The molecule has 126 valence electrons. The molecule has 0 aliphatic heterocycles. The highest BCUT2D eigenvalue weighted by atomic mass is 32.2. The van der Waals surface area contributed by atoms with Crippen LogP contribution in [0.5, 0.6) is 0 Å². The van der Waals surface area contributed by atoms with Gasteiger partial charge in [-0.2, -0.15) is 5.26 Å². The Hall–Kier alpha value is -2.18. The fourth-order valence-corrected chi connectivity index (χ4v) is 3.60. The van der Waals surface area contributed by atoms with Gasteiger partial charge in [0.2, 0.25) is 11.0 Å². The third-order valence-corrected chi connectivity index (χ3v) is 4.94. The second-order valence-corrected chi connectivity index (χ2v) is 6.80. The molecule has 0 aliphatic carbocycles. The van der Waals surface area contributed by atoms with Crippen LogP contribution in [0, 0.1) is 17.1 Å². The molecule has 9 heteroatoms. The first-order chi connectivity index (χ1) is 11.7. The lowest BCUT2D eigenvalue weighted by atomic mass is 10.2. The van der Waals surface area contributed by atoms with E-state index in [2.05, 4.69) is 15.5 Å². The number of aromatic nitrogens is 2. The van der Waals surface area contributed by atoms with Gasteiger partial charge in [-0.25, -0.2) is 4.39 Å². The Balaban J connectivity index is 2.04. The Morgan fingerprint density at radius 3 is 2.96 bits per heavy atom. The number of benzene rings is 1. The largest absolute Gasteiger partial charge is 0.360 e. The number of nitriles is 1. The normalized spacial score (nSPS) is 10.2. The molecule has 0 unspecified atom stereocenters. The number of carbonyl (C=O) groups is 1. The SMILES string of the molecule is CCNc1nnc(SCC(=O)N(CCC#N)c2ccccc2F)s1. The molecular formula is C15H16FN5OS2. The highest BCUT2D eigenvalue weighted by Crippen LogP contribution is 2.27. The highest BCUT2D eigenvalue weighted by Gasteiger charge is 2.19. The summed E-state index contributed by atoms with van der Waals surface area (Å²) >= 11 is 2.61. The van der Waals surface area contributed by atoms with Gasteiger partial charge in [0, 0.05) is 13.1 Å². The molecule has 0 radical (unpaired) electrons. The van der Waals surface area contributed by atoms with E-state index in [1.54, 1.807) is 12.1 Å². The Labute approximate surface area is 147 Å². The maximum atomic E-state index is 14.0. The summed E-state index contributed by atoms with van der Waals surface area (Å²) in [4.78, 5) is 13.8. The second-order valence-electron chi connectivity index (χ2n) is 4.60. The topological polar surface area (TPSA) is 81.9 Å². The molecule has 2 rings (SSSR count). The minimum absolute atomic E-state index is 0.0977. The van der Waals surface area contributed by atoms with Gasteiger partial charge in [0.15, 0.2) is 4.34 Å². The number of anilines is 2. The summed E-state index contributed by atoms with van der Waals surface area (Å²) in [6.07, 6.45) is 0.133. The van der Waals surface area contributed by atoms with Crippen molar-refractivity contribution in [3.63, 3.8) is 0 Å². The summed E-state index contributed by atoms with van der Waals surface area (Å²) in [5.74, 6) is -0.666. The molecule has 0 saturated heterocycles. The molecule has 1 heterocycles. The zero-order chi connectivity index (χ0) is 17.4. The van der Waals surface area contributed by atoms with Gasteiger partial charge in [-0.1, -0.05) is 35.2 Å². The number of nitrogens with zero attached hydrogens (tertiary/aromatic N) is 4. The average Bonchev–Trinajstić information content (AvgIpc) is 3.03. The van der Waals surface area contributed by atoms with Gasteiger partial charge in [-0.15, -0.1) is 10.2 Å². The number of rotatable bonds is 8. The number of hydrogen-bond acceptors (Lipinski definition) is 7. The van der Waals surface area contributed by atoms with Gasteiger partial charge in [-0.3, -0.25) is 4.79 Å². The van der Waals surface area contributed by atoms with E-state index >= 15 is 0 Å². The fraction of sp³-hybridized carbons (Fsp3) is 0.333. The van der Waals surface area contributed by atoms with Crippen molar-refractivity contribution in [1.29, 1.82) is 5.26 Å². The van der Waals surface area contributed by atoms with E-state index in [9.17, 15) is 9.18 Å². The third-order valence-electron chi connectivity index (χ3n) is 2.95. The molecule has 1 aromatic heterocycles. The maximum absolute atomic E-state index is 14.0. The molecule has 1 aromatic carbocycles. The summed E-state index contributed by atoms with van der Waals surface area (Å²) in [6.45, 7) is 2.85. The lowest BCUT2D eigenvalue weighted by molar-refractivity contribution is -0.116. The van der Waals surface area contributed by atoms with Crippen LogP contribution >= 0.6 is 23.1 Å². The molecule has 2 aromatic rings. The van der Waals surface area contributed by atoms with Crippen LogP contribution in [0.2, 0.25) is 0 Å². The Morgan fingerprint density at radius 1 is 1.46 bits per heavy atom. The zero-order valence-corrected chi connectivity index (χ0v) is 14.7.